The van der Waals surface area contributed by atoms with E-state index in [9.17, 15) is 0 Å². The first-order chi connectivity index (χ1) is 25.1. The van der Waals surface area contributed by atoms with Crippen LogP contribution in [0.1, 0.15) is 16.7 Å². The summed E-state index contributed by atoms with van der Waals surface area (Å²) >= 11 is 0. The molecule has 51 heavy (non-hydrogen) atoms. The maximum absolute atomic E-state index is 4.77. The van der Waals surface area contributed by atoms with Gasteiger partial charge in [-0.15, -0.1) is 0 Å². The molecule has 0 spiro atoms. The van der Waals surface area contributed by atoms with Gasteiger partial charge in [-0.2, -0.15) is 0 Å². The monoisotopic (exact) mass is 656 g/mol. The Kier molecular flexibility index (Phi) is 7.44. The van der Waals surface area contributed by atoms with E-state index in [-0.39, 0.29) is 0 Å². The summed E-state index contributed by atoms with van der Waals surface area (Å²) in [6, 6.07) is 54.4. The first-order valence-electron chi connectivity index (χ1n) is 17.4. The van der Waals surface area contributed by atoms with Crippen LogP contribution in [0.4, 0.5) is 34.1 Å². The maximum atomic E-state index is 4.77. The molecule has 0 aliphatic carbocycles. The SMILES string of the molecule is Cc1ccc2c(N(c3ccccc3)c3cccc4ncccc34)c3cc(C)c(C)cc3c(N(c3ccccc3)c3cccc4ncccc34)c2c1. The van der Waals surface area contributed by atoms with Crippen molar-refractivity contribution in [3.05, 3.63) is 181 Å². The van der Waals surface area contributed by atoms with Gasteiger partial charge in [-0.1, -0.05) is 66.2 Å². The van der Waals surface area contributed by atoms with Crippen molar-refractivity contribution >= 4 is 77.5 Å². The molecule has 0 amide bonds. The molecule has 0 unspecified atom stereocenters. The molecule has 0 atom stereocenters. The Morgan fingerprint density at radius 1 is 0.373 bits per heavy atom. The van der Waals surface area contributed by atoms with Crippen molar-refractivity contribution in [2.24, 2.45) is 0 Å². The van der Waals surface area contributed by atoms with Gasteiger partial charge < -0.3 is 9.80 Å². The topological polar surface area (TPSA) is 32.3 Å². The van der Waals surface area contributed by atoms with Crippen LogP contribution >= 0.6 is 0 Å². The Labute approximate surface area is 297 Å². The van der Waals surface area contributed by atoms with E-state index in [1.165, 1.54) is 32.8 Å². The summed E-state index contributed by atoms with van der Waals surface area (Å²) < 4.78 is 0. The Balaban J connectivity index is 1.48. The lowest BCUT2D eigenvalue weighted by Crippen LogP contribution is -2.15. The minimum absolute atomic E-state index is 0.962. The predicted octanol–water partition coefficient (Wildman–Crippen LogP) is 13.0. The highest BCUT2D eigenvalue weighted by atomic mass is 15.2. The molecule has 0 saturated carbocycles. The van der Waals surface area contributed by atoms with Crippen LogP contribution in [-0.4, -0.2) is 9.97 Å². The molecule has 0 aliphatic heterocycles. The van der Waals surface area contributed by atoms with Gasteiger partial charge in [-0.05, 0) is 123 Å². The summed E-state index contributed by atoms with van der Waals surface area (Å²) in [4.78, 5) is 14.4. The Hall–Kier alpha value is -6.52. The van der Waals surface area contributed by atoms with Crippen LogP contribution in [0.3, 0.4) is 0 Å². The average molecular weight is 657 g/mol. The molecule has 0 N–H and O–H groups in total. The van der Waals surface area contributed by atoms with E-state index >= 15 is 0 Å². The first kappa shape index (κ1) is 30.5. The van der Waals surface area contributed by atoms with Crippen molar-refractivity contribution in [3.8, 4) is 0 Å². The highest BCUT2D eigenvalue weighted by Gasteiger charge is 2.27. The number of hydrogen-bond donors (Lipinski definition) is 0. The highest BCUT2D eigenvalue weighted by Crippen LogP contribution is 2.53. The third-order valence-corrected chi connectivity index (χ3v) is 10.0. The number of anilines is 6. The van der Waals surface area contributed by atoms with E-state index in [1.54, 1.807) is 0 Å². The van der Waals surface area contributed by atoms with Crippen LogP contribution in [-0.2, 0) is 0 Å². The molecule has 7 aromatic carbocycles. The smallest absolute Gasteiger partial charge is 0.0723 e. The largest absolute Gasteiger partial charge is 0.309 e. The lowest BCUT2D eigenvalue weighted by Gasteiger charge is -2.34. The molecule has 4 nitrogen and oxygen atoms in total. The van der Waals surface area contributed by atoms with Crippen LogP contribution in [0.2, 0.25) is 0 Å². The van der Waals surface area contributed by atoms with Gasteiger partial charge in [0.2, 0.25) is 0 Å². The summed E-state index contributed by atoms with van der Waals surface area (Å²) in [5, 5.41) is 6.88. The Morgan fingerprint density at radius 3 is 1.35 bits per heavy atom. The highest BCUT2D eigenvalue weighted by molar-refractivity contribution is 6.25. The molecular formula is C47H36N4. The molecule has 244 valence electrons. The van der Waals surface area contributed by atoms with Gasteiger partial charge in [0.1, 0.15) is 0 Å². The molecule has 0 fully saturated rings. The van der Waals surface area contributed by atoms with Gasteiger partial charge in [0.15, 0.2) is 0 Å². The summed E-state index contributed by atoms with van der Waals surface area (Å²) in [7, 11) is 0. The van der Waals surface area contributed by atoms with E-state index in [2.05, 4.69) is 170 Å². The van der Waals surface area contributed by atoms with Gasteiger partial charge in [0.25, 0.3) is 0 Å². The number of aryl methyl sites for hydroxylation is 3. The fourth-order valence-electron chi connectivity index (χ4n) is 7.54. The summed E-state index contributed by atoms with van der Waals surface area (Å²) in [6.07, 6.45) is 3.74. The number of pyridine rings is 2. The molecule has 0 bridgehead atoms. The van der Waals surface area contributed by atoms with Crippen LogP contribution in [0.5, 0.6) is 0 Å². The molecule has 0 saturated heterocycles. The number of hydrogen-bond acceptors (Lipinski definition) is 4. The van der Waals surface area contributed by atoms with E-state index < -0.39 is 0 Å². The van der Waals surface area contributed by atoms with Crippen molar-refractivity contribution in [2.75, 3.05) is 9.80 Å². The third kappa shape index (κ3) is 5.15. The third-order valence-electron chi connectivity index (χ3n) is 10.0. The normalized spacial score (nSPS) is 11.4. The first-order valence-corrected chi connectivity index (χ1v) is 17.4. The standard InChI is InChI=1S/C47H36N4/c1-31-24-25-36-39(28-31)47(51(35-16-8-5-9-17-35)45-23-11-21-43-38(45)19-13-27-49-43)41-30-33(3)32(2)29-40(41)46(36)50(34-14-6-4-7-15-34)44-22-10-20-42-37(44)18-12-26-48-42/h4-30H,1-3H3. The van der Waals surface area contributed by atoms with E-state index in [4.69, 9.17) is 9.97 Å². The molecular weight excluding hydrogens is 621 g/mol. The molecule has 9 rings (SSSR count). The Morgan fingerprint density at radius 2 is 0.843 bits per heavy atom. The number of para-hydroxylation sites is 2. The molecule has 0 aliphatic rings. The van der Waals surface area contributed by atoms with Crippen molar-refractivity contribution < 1.29 is 0 Å². The predicted molar refractivity (Wildman–Crippen MR) is 216 cm³/mol. The average Bonchev–Trinajstić information content (AvgIpc) is 3.17. The number of aromatic nitrogens is 2. The van der Waals surface area contributed by atoms with Crippen molar-refractivity contribution in [3.63, 3.8) is 0 Å². The van der Waals surface area contributed by atoms with Crippen LogP contribution in [0, 0.1) is 20.8 Å². The maximum Gasteiger partial charge on any atom is 0.0723 e. The van der Waals surface area contributed by atoms with Gasteiger partial charge in [-0.25, -0.2) is 0 Å². The zero-order valence-corrected chi connectivity index (χ0v) is 28.9. The molecule has 0 radical (unpaired) electrons. The quantitative estimate of drug-likeness (QED) is 0.132. The lowest BCUT2D eigenvalue weighted by molar-refractivity contribution is 1.29. The second-order valence-electron chi connectivity index (χ2n) is 13.3. The van der Waals surface area contributed by atoms with Crippen molar-refractivity contribution in [2.45, 2.75) is 20.8 Å². The lowest BCUT2D eigenvalue weighted by atomic mass is 9.91. The summed E-state index contributed by atoms with van der Waals surface area (Å²) in [5.41, 5.74) is 12.2. The second-order valence-corrected chi connectivity index (χ2v) is 13.3. The Bertz CT molecular complexity index is 2730. The van der Waals surface area contributed by atoms with E-state index in [0.717, 1.165) is 61.3 Å². The number of rotatable bonds is 6. The molecule has 2 heterocycles. The zero-order chi connectivity index (χ0) is 34.5. The fourth-order valence-corrected chi connectivity index (χ4v) is 7.54. The summed E-state index contributed by atoms with van der Waals surface area (Å²) in [6.45, 7) is 6.63. The van der Waals surface area contributed by atoms with Crippen LogP contribution < -0.4 is 9.80 Å². The van der Waals surface area contributed by atoms with Gasteiger partial charge in [-0.3, -0.25) is 9.97 Å². The van der Waals surface area contributed by atoms with Crippen LogP contribution in [0.15, 0.2) is 164 Å². The number of nitrogens with zero attached hydrogens (tertiary/aromatic N) is 4. The second kappa shape index (κ2) is 12.4. The minimum atomic E-state index is 0.962. The van der Waals surface area contributed by atoms with E-state index in [1.807, 2.05) is 24.5 Å². The number of benzene rings is 7. The minimum Gasteiger partial charge on any atom is -0.309 e. The molecule has 9 aromatic rings. The van der Waals surface area contributed by atoms with Gasteiger partial charge in [0, 0.05) is 56.1 Å². The molecule has 2 aromatic heterocycles. The van der Waals surface area contributed by atoms with Gasteiger partial charge in [0.05, 0.1) is 33.8 Å². The van der Waals surface area contributed by atoms with Crippen molar-refractivity contribution in [1.29, 1.82) is 0 Å². The van der Waals surface area contributed by atoms with Crippen molar-refractivity contribution in [1.82, 2.24) is 9.97 Å². The number of fused-ring (bicyclic) bond motifs is 4. The van der Waals surface area contributed by atoms with Crippen LogP contribution in [0.25, 0.3) is 43.4 Å². The molecule has 4 heteroatoms. The fraction of sp³-hybridized carbons (Fsp3) is 0.0638. The van der Waals surface area contributed by atoms with Gasteiger partial charge >= 0.3 is 0 Å². The summed E-state index contributed by atoms with van der Waals surface area (Å²) in [5.74, 6) is 0. The zero-order valence-electron chi connectivity index (χ0n) is 28.9. The van der Waals surface area contributed by atoms with E-state index in [0.29, 0.717) is 0 Å².